The highest BCUT2D eigenvalue weighted by Crippen LogP contribution is 2.31. The number of aromatic amines is 1. The predicted octanol–water partition coefficient (Wildman–Crippen LogP) is 2.05. The van der Waals surface area contributed by atoms with Gasteiger partial charge in [0.25, 0.3) is 5.91 Å². The zero-order valence-corrected chi connectivity index (χ0v) is 12.8. The molecule has 0 aliphatic carbocycles. The van der Waals surface area contributed by atoms with Gasteiger partial charge in [0, 0.05) is 29.1 Å². The fourth-order valence-electron chi connectivity index (χ4n) is 2.04. The van der Waals surface area contributed by atoms with Crippen molar-refractivity contribution in [3.63, 3.8) is 0 Å². The van der Waals surface area contributed by atoms with Gasteiger partial charge in [0.2, 0.25) is 11.9 Å². The van der Waals surface area contributed by atoms with E-state index in [1.165, 1.54) is 0 Å². The molecule has 1 aliphatic heterocycles. The first-order chi connectivity index (χ1) is 10.7. The number of carbonyl (C=O) groups excluding carboxylic acids is 2. The highest BCUT2D eigenvalue weighted by molar-refractivity contribution is 7.99. The van der Waals surface area contributed by atoms with Crippen LogP contribution in [0.25, 0.3) is 0 Å². The zero-order valence-electron chi connectivity index (χ0n) is 12.0. The van der Waals surface area contributed by atoms with Crippen molar-refractivity contribution < 1.29 is 9.59 Å². The van der Waals surface area contributed by atoms with Crippen molar-refractivity contribution in [1.82, 2.24) is 15.2 Å². The highest BCUT2D eigenvalue weighted by atomic mass is 32.2. The van der Waals surface area contributed by atoms with Crippen LogP contribution in [0.5, 0.6) is 0 Å². The lowest BCUT2D eigenvalue weighted by molar-refractivity contribution is -0.115. The number of nitrogens with one attached hydrogen (secondary N) is 3. The number of nitrogens with zero attached hydrogens (tertiary/aromatic N) is 2. The van der Waals surface area contributed by atoms with E-state index in [1.807, 2.05) is 13.0 Å². The first-order valence-corrected chi connectivity index (χ1v) is 7.93. The van der Waals surface area contributed by atoms with Gasteiger partial charge in [-0.25, -0.2) is 0 Å². The maximum atomic E-state index is 12.2. The number of benzene rings is 1. The summed E-state index contributed by atoms with van der Waals surface area (Å²) < 4.78 is 0. The monoisotopic (exact) mass is 317 g/mol. The van der Waals surface area contributed by atoms with Crippen LogP contribution in [-0.4, -0.2) is 32.7 Å². The third kappa shape index (κ3) is 3.11. The minimum atomic E-state index is -0.312. The molecule has 1 aromatic carbocycles. The normalized spacial score (nSPS) is 14.0. The molecule has 0 radical (unpaired) electrons. The minimum Gasteiger partial charge on any atom is -0.325 e. The summed E-state index contributed by atoms with van der Waals surface area (Å²) in [7, 11) is 0. The number of carbonyl (C=O) groups is 2. The SMILES string of the molecule is CCc1nc(NC(=O)c2ccc3c(c2)NC(=O)CCS3)n[nH]1. The van der Waals surface area contributed by atoms with E-state index in [2.05, 4.69) is 25.8 Å². The molecule has 22 heavy (non-hydrogen) atoms. The number of fused-ring (bicyclic) bond motifs is 1. The summed E-state index contributed by atoms with van der Waals surface area (Å²) in [5.41, 5.74) is 1.12. The maximum absolute atomic E-state index is 12.2. The number of aromatic nitrogens is 3. The standard InChI is InChI=1S/C14H15N5O2S/c1-2-11-16-14(19-18-11)17-13(21)8-3-4-10-9(7-8)15-12(20)5-6-22-10/h3-4,7H,2,5-6H2,1H3,(H,15,20)(H2,16,17,18,19,21). The van der Waals surface area contributed by atoms with Crippen molar-refractivity contribution in [3.05, 3.63) is 29.6 Å². The van der Waals surface area contributed by atoms with Gasteiger partial charge >= 0.3 is 0 Å². The Morgan fingerprint density at radius 1 is 1.45 bits per heavy atom. The van der Waals surface area contributed by atoms with Crippen LogP contribution in [0.1, 0.15) is 29.5 Å². The van der Waals surface area contributed by atoms with E-state index in [0.717, 1.165) is 10.6 Å². The third-order valence-electron chi connectivity index (χ3n) is 3.19. The molecule has 0 saturated heterocycles. The lowest BCUT2D eigenvalue weighted by atomic mass is 10.2. The molecule has 2 amide bonds. The average molecular weight is 317 g/mol. The lowest BCUT2D eigenvalue weighted by Crippen LogP contribution is -2.14. The largest absolute Gasteiger partial charge is 0.325 e. The quantitative estimate of drug-likeness (QED) is 0.804. The number of rotatable bonds is 3. The van der Waals surface area contributed by atoms with Crippen molar-refractivity contribution in [2.24, 2.45) is 0 Å². The van der Waals surface area contributed by atoms with Gasteiger partial charge in [-0.3, -0.25) is 20.0 Å². The molecule has 3 N–H and O–H groups in total. The molecule has 0 saturated carbocycles. The van der Waals surface area contributed by atoms with Gasteiger partial charge in [0.05, 0.1) is 5.69 Å². The first-order valence-electron chi connectivity index (χ1n) is 6.95. The van der Waals surface area contributed by atoms with Crippen molar-refractivity contribution in [1.29, 1.82) is 0 Å². The van der Waals surface area contributed by atoms with E-state index in [0.29, 0.717) is 29.9 Å². The van der Waals surface area contributed by atoms with Crippen LogP contribution < -0.4 is 10.6 Å². The van der Waals surface area contributed by atoms with E-state index in [9.17, 15) is 9.59 Å². The summed E-state index contributed by atoms with van der Waals surface area (Å²) in [5, 5.41) is 12.1. The van der Waals surface area contributed by atoms with Crippen LogP contribution in [0.15, 0.2) is 23.1 Å². The summed E-state index contributed by atoms with van der Waals surface area (Å²) in [5.74, 6) is 1.34. The first kappa shape index (κ1) is 14.6. The topological polar surface area (TPSA) is 99.8 Å². The molecule has 0 bridgehead atoms. The van der Waals surface area contributed by atoms with Crippen molar-refractivity contribution >= 4 is 35.2 Å². The Balaban J connectivity index is 1.79. The van der Waals surface area contributed by atoms with E-state index in [-0.39, 0.29) is 17.8 Å². The van der Waals surface area contributed by atoms with Crippen molar-refractivity contribution in [3.8, 4) is 0 Å². The molecular formula is C14H15N5O2S. The van der Waals surface area contributed by atoms with Crippen molar-refractivity contribution in [2.45, 2.75) is 24.7 Å². The second-order valence-electron chi connectivity index (χ2n) is 4.77. The fraction of sp³-hybridized carbons (Fsp3) is 0.286. The van der Waals surface area contributed by atoms with Gasteiger partial charge < -0.3 is 5.32 Å². The summed E-state index contributed by atoms with van der Waals surface area (Å²) in [6, 6.07) is 5.25. The van der Waals surface area contributed by atoms with Gasteiger partial charge in [0.15, 0.2) is 0 Å². The van der Waals surface area contributed by atoms with Crippen LogP contribution in [0, 0.1) is 0 Å². The van der Waals surface area contributed by atoms with Gasteiger partial charge in [-0.15, -0.1) is 16.9 Å². The van der Waals surface area contributed by atoms with E-state index in [1.54, 1.807) is 23.9 Å². The molecule has 3 rings (SSSR count). The Bertz CT molecular complexity index is 728. The smallest absolute Gasteiger partial charge is 0.258 e. The van der Waals surface area contributed by atoms with Crippen LogP contribution in [0.3, 0.4) is 0 Å². The fourth-order valence-corrected chi connectivity index (χ4v) is 2.98. The van der Waals surface area contributed by atoms with Crippen LogP contribution >= 0.6 is 11.8 Å². The number of hydrogen-bond donors (Lipinski definition) is 3. The van der Waals surface area contributed by atoms with Crippen LogP contribution in [0.2, 0.25) is 0 Å². The number of H-pyrrole nitrogens is 1. The second-order valence-corrected chi connectivity index (χ2v) is 5.91. The number of thioether (sulfide) groups is 1. The molecule has 2 heterocycles. The second kappa shape index (κ2) is 6.18. The van der Waals surface area contributed by atoms with Gasteiger partial charge in [-0.05, 0) is 18.2 Å². The Labute approximate surface area is 131 Å². The maximum Gasteiger partial charge on any atom is 0.258 e. The molecule has 1 aromatic heterocycles. The average Bonchev–Trinajstić information content (AvgIpc) is 2.87. The molecule has 1 aliphatic rings. The molecule has 0 fully saturated rings. The number of hydrogen-bond acceptors (Lipinski definition) is 5. The number of anilines is 2. The molecular weight excluding hydrogens is 302 g/mol. The third-order valence-corrected chi connectivity index (χ3v) is 4.27. The summed E-state index contributed by atoms with van der Waals surface area (Å²) in [4.78, 5) is 28.9. The van der Waals surface area contributed by atoms with Gasteiger partial charge in [0.1, 0.15) is 5.82 Å². The summed E-state index contributed by atoms with van der Waals surface area (Å²) in [6.45, 7) is 1.94. The Kier molecular flexibility index (Phi) is 4.10. The molecule has 7 nitrogen and oxygen atoms in total. The minimum absolute atomic E-state index is 0.0367. The van der Waals surface area contributed by atoms with Gasteiger partial charge in [-0.2, -0.15) is 4.98 Å². The van der Waals surface area contributed by atoms with Crippen molar-refractivity contribution in [2.75, 3.05) is 16.4 Å². The summed E-state index contributed by atoms with van der Waals surface area (Å²) in [6.07, 6.45) is 1.18. The highest BCUT2D eigenvalue weighted by Gasteiger charge is 2.16. The van der Waals surface area contributed by atoms with E-state index < -0.39 is 0 Å². The van der Waals surface area contributed by atoms with Gasteiger partial charge in [-0.1, -0.05) is 6.92 Å². The molecule has 0 spiro atoms. The van der Waals surface area contributed by atoms with Crippen LogP contribution in [-0.2, 0) is 11.2 Å². The molecule has 0 atom stereocenters. The van der Waals surface area contributed by atoms with E-state index in [4.69, 9.17) is 0 Å². The molecule has 2 aromatic rings. The number of aryl methyl sites for hydroxylation is 1. The van der Waals surface area contributed by atoms with Crippen LogP contribution in [0.4, 0.5) is 11.6 Å². The molecule has 0 unspecified atom stereocenters. The zero-order chi connectivity index (χ0) is 15.5. The Hall–Kier alpha value is -2.35. The Morgan fingerprint density at radius 2 is 2.32 bits per heavy atom. The molecule has 8 heteroatoms. The number of amides is 2. The lowest BCUT2D eigenvalue weighted by Gasteiger charge is -2.08. The molecule has 114 valence electrons. The van der Waals surface area contributed by atoms with E-state index >= 15 is 0 Å². The predicted molar refractivity (Wildman–Crippen MR) is 84.1 cm³/mol. The summed E-state index contributed by atoms with van der Waals surface area (Å²) >= 11 is 1.60. The Morgan fingerprint density at radius 3 is 3.09 bits per heavy atom.